The molecule has 0 bridgehead atoms. The molecule has 37 heavy (non-hydrogen) atoms. The van der Waals surface area contributed by atoms with E-state index in [9.17, 15) is 14.0 Å². The minimum absolute atomic E-state index is 0.0530. The maximum absolute atomic E-state index is 14.8. The van der Waals surface area contributed by atoms with Crippen LogP contribution in [0.15, 0.2) is 41.2 Å². The van der Waals surface area contributed by atoms with Crippen LogP contribution in [-0.2, 0) is 7.05 Å². The van der Waals surface area contributed by atoms with E-state index in [1.54, 1.807) is 58.3 Å². The molecule has 0 atom stereocenters. The monoisotopic (exact) mass is 527 g/mol. The lowest BCUT2D eigenvalue weighted by Crippen LogP contribution is -2.31. The number of carbonyl (C=O) groups excluding carboxylic acids is 1. The van der Waals surface area contributed by atoms with E-state index in [-0.39, 0.29) is 40.0 Å². The number of benzene rings is 2. The molecule has 9 nitrogen and oxygen atoms in total. The number of aromatic nitrogens is 1. The molecule has 3 aromatic rings. The molecule has 4 rings (SSSR count). The summed E-state index contributed by atoms with van der Waals surface area (Å²) in [5.41, 5.74) is 1.48. The van der Waals surface area contributed by atoms with Crippen molar-refractivity contribution >= 4 is 35.2 Å². The molecule has 1 heterocycles. The molecule has 0 saturated heterocycles. The van der Waals surface area contributed by atoms with E-state index in [1.807, 2.05) is 0 Å². The number of hydrogen-bond acceptors (Lipinski definition) is 8. The van der Waals surface area contributed by atoms with E-state index in [1.165, 1.54) is 29.8 Å². The van der Waals surface area contributed by atoms with Crippen molar-refractivity contribution < 1.29 is 18.7 Å². The second kappa shape index (κ2) is 11.1. The van der Waals surface area contributed by atoms with Crippen molar-refractivity contribution in [3.63, 3.8) is 0 Å². The maximum atomic E-state index is 14.8. The number of methoxy groups -OCH3 is 1. The number of nitrogens with one attached hydrogen (secondary N) is 4. The molecule has 1 amide bonds. The fourth-order valence-corrected chi connectivity index (χ4v) is 4.16. The molecule has 196 valence electrons. The van der Waals surface area contributed by atoms with Gasteiger partial charge in [-0.15, -0.1) is 0 Å². The predicted molar refractivity (Wildman–Crippen MR) is 145 cm³/mol. The van der Waals surface area contributed by atoms with Crippen molar-refractivity contribution in [3.8, 4) is 17.2 Å². The Bertz CT molecular complexity index is 1390. The van der Waals surface area contributed by atoms with Crippen molar-refractivity contribution in [3.05, 3.63) is 69.3 Å². The van der Waals surface area contributed by atoms with Gasteiger partial charge in [0, 0.05) is 31.3 Å². The number of anilines is 3. The number of aryl methyl sites for hydroxylation is 1. The summed E-state index contributed by atoms with van der Waals surface area (Å²) in [4.78, 5) is 26.7. The molecule has 1 saturated carbocycles. The largest absolute Gasteiger partial charge is 0.495 e. The maximum Gasteiger partial charge on any atom is 0.259 e. The van der Waals surface area contributed by atoms with Crippen LogP contribution in [-0.4, -0.2) is 30.7 Å². The molecular weight excluding hydrogens is 497 g/mol. The fourth-order valence-electron chi connectivity index (χ4n) is 3.79. The quantitative estimate of drug-likeness (QED) is 0.280. The van der Waals surface area contributed by atoms with Crippen molar-refractivity contribution in [1.29, 1.82) is 0 Å². The molecule has 1 aromatic heterocycles. The highest BCUT2D eigenvalue weighted by Crippen LogP contribution is 2.37. The Kier molecular flexibility index (Phi) is 7.94. The first-order valence-electron chi connectivity index (χ1n) is 11.8. The molecule has 1 aliphatic rings. The Hall–Kier alpha value is -3.70. The molecule has 1 aliphatic carbocycles. The average Bonchev–Trinajstić information content (AvgIpc) is 3.69. The summed E-state index contributed by atoms with van der Waals surface area (Å²) in [5, 5.41) is 5.93. The molecule has 0 spiro atoms. The molecule has 4 N–H and O–H groups in total. The van der Waals surface area contributed by atoms with Gasteiger partial charge in [0.1, 0.15) is 28.7 Å². The van der Waals surface area contributed by atoms with Crippen molar-refractivity contribution in [2.45, 2.75) is 32.7 Å². The first kappa shape index (κ1) is 26.4. The molecule has 0 aliphatic heterocycles. The van der Waals surface area contributed by atoms with Gasteiger partial charge >= 0.3 is 0 Å². The molecule has 11 heteroatoms. The van der Waals surface area contributed by atoms with Gasteiger partial charge in [-0.25, -0.2) is 9.11 Å². The fraction of sp³-hybridized carbons (Fsp3) is 0.308. The van der Waals surface area contributed by atoms with E-state index < -0.39 is 11.7 Å². The summed E-state index contributed by atoms with van der Waals surface area (Å²) in [6.45, 7) is 3.38. The van der Waals surface area contributed by atoms with E-state index in [4.69, 9.17) is 9.47 Å². The van der Waals surface area contributed by atoms with Gasteiger partial charge in [-0.1, -0.05) is 6.07 Å². The van der Waals surface area contributed by atoms with Crippen LogP contribution in [0.4, 0.5) is 21.6 Å². The van der Waals surface area contributed by atoms with Gasteiger partial charge in [0.15, 0.2) is 5.75 Å². The van der Waals surface area contributed by atoms with Crippen LogP contribution < -0.4 is 35.1 Å². The Morgan fingerprint density at radius 1 is 1.14 bits per heavy atom. The summed E-state index contributed by atoms with van der Waals surface area (Å²) >= 11 is 1.24. The van der Waals surface area contributed by atoms with Crippen LogP contribution in [0, 0.1) is 19.7 Å². The van der Waals surface area contributed by atoms with Gasteiger partial charge in [0.2, 0.25) is 0 Å². The van der Waals surface area contributed by atoms with Crippen LogP contribution in [0.2, 0.25) is 0 Å². The second-order valence-electron chi connectivity index (χ2n) is 8.77. The van der Waals surface area contributed by atoms with Crippen LogP contribution >= 0.6 is 12.1 Å². The predicted octanol–water partition coefficient (Wildman–Crippen LogP) is 4.77. The zero-order valence-corrected chi connectivity index (χ0v) is 22.1. The van der Waals surface area contributed by atoms with Gasteiger partial charge in [-0.2, -0.15) is 0 Å². The molecule has 1 fully saturated rings. The number of rotatable bonds is 10. The van der Waals surface area contributed by atoms with E-state index in [2.05, 4.69) is 20.1 Å². The average molecular weight is 528 g/mol. The number of carbonyl (C=O) groups is 1. The molecule has 0 unspecified atom stereocenters. The highest BCUT2D eigenvalue weighted by molar-refractivity contribution is 7.98. The summed E-state index contributed by atoms with van der Waals surface area (Å²) in [5.74, 6) is 0.266. The van der Waals surface area contributed by atoms with E-state index >= 15 is 0 Å². The number of pyridine rings is 1. The Balaban J connectivity index is 1.84. The number of halogens is 1. The number of amides is 1. The van der Waals surface area contributed by atoms with Crippen LogP contribution in [0.3, 0.4) is 0 Å². The lowest BCUT2D eigenvalue weighted by atomic mass is 10.1. The normalized spacial score (nSPS) is 12.7. The summed E-state index contributed by atoms with van der Waals surface area (Å²) < 4.78 is 33.7. The third kappa shape index (κ3) is 5.83. The first-order chi connectivity index (χ1) is 17.7. The van der Waals surface area contributed by atoms with Crippen LogP contribution in [0.25, 0.3) is 0 Å². The highest BCUT2D eigenvalue weighted by Gasteiger charge is 2.30. The first-order valence-corrected chi connectivity index (χ1v) is 12.6. The van der Waals surface area contributed by atoms with Crippen molar-refractivity contribution in [2.24, 2.45) is 7.05 Å². The zero-order valence-electron chi connectivity index (χ0n) is 21.3. The molecular formula is C26H30FN5O4S. The Morgan fingerprint density at radius 3 is 2.54 bits per heavy atom. The van der Waals surface area contributed by atoms with Gasteiger partial charge < -0.3 is 24.8 Å². The SMILES string of the molecule is CNSNc1cc(Oc2c(C(=O)NC3CC3)c(Nc3ccc(C)cc3F)n(C)c(=O)c2C)ccc1OC. The summed E-state index contributed by atoms with van der Waals surface area (Å²) in [6.07, 6.45) is 1.75. The van der Waals surface area contributed by atoms with Crippen molar-refractivity contribution in [1.82, 2.24) is 14.6 Å². The van der Waals surface area contributed by atoms with Gasteiger partial charge in [0.05, 0.1) is 24.0 Å². The standard InChI is InChI=1S/C26H30FN5O4S/c1-14-6-10-19(18(27)12-14)30-24-22(25(33)29-16-7-8-16)23(15(2)26(34)32(24)4)36-17-9-11-21(35-5)20(13-17)31-37-28-3/h6,9-13,16,28,30-31H,7-8H2,1-5H3,(H,29,33). The van der Waals surface area contributed by atoms with Gasteiger partial charge in [-0.05, 0) is 63.6 Å². The Labute approximate surface area is 219 Å². The third-order valence-electron chi connectivity index (χ3n) is 5.94. The van der Waals surface area contributed by atoms with Crippen molar-refractivity contribution in [2.75, 3.05) is 24.2 Å². The van der Waals surface area contributed by atoms with Gasteiger partial charge in [0.25, 0.3) is 11.5 Å². The van der Waals surface area contributed by atoms with Crippen LogP contribution in [0.5, 0.6) is 17.2 Å². The summed E-state index contributed by atoms with van der Waals surface area (Å²) in [6, 6.07) is 9.85. The van der Waals surface area contributed by atoms with E-state index in [0.717, 1.165) is 18.4 Å². The topological polar surface area (TPSA) is 106 Å². The number of hydrogen-bond donors (Lipinski definition) is 4. The smallest absolute Gasteiger partial charge is 0.259 e. The minimum atomic E-state index is -0.503. The highest BCUT2D eigenvalue weighted by atomic mass is 32.2. The summed E-state index contributed by atoms with van der Waals surface area (Å²) in [7, 11) is 4.86. The number of nitrogens with zero attached hydrogens (tertiary/aromatic N) is 1. The molecule has 0 radical (unpaired) electrons. The zero-order chi connectivity index (χ0) is 26.7. The molecule has 2 aromatic carbocycles. The number of ether oxygens (including phenoxy) is 2. The Morgan fingerprint density at radius 2 is 1.89 bits per heavy atom. The second-order valence-corrected chi connectivity index (χ2v) is 9.59. The van der Waals surface area contributed by atoms with Gasteiger partial charge in [-0.3, -0.25) is 14.2 Å². The lowest BCUT2D eigenvalue weighted by Gasteiger charge is -2.22. The van der Waals surface area contributed by atoms with E-state index in [0.29, 0.717) is 17.2 Å². The van der Waals surface area contributed by atoms with Crippen LogP contribution in [0.1, 0.15) is 34.3 Å². The third-order valence-corrected chi connectivity index (χ3v) is 6.46. The minimum Gasteiger partial charge on any atom is -0.495 e. The lowest BCUT2D eigenvalue weighted by molar-refractivity contribution is 0.0948.